The third-order valence-corrected chi connectivity index (χ3v) is 6.79. The van der Waals surface area contributed by atoms with Gasteiger partial charge in [0, 0.05) is 17.9 Å². The van der Waals surface area contributed by atoms with Crippen molar-refractivity contribution < 1.29 is 19.1 Å². The van der Waals surface area contributed by atoms with Crippen molar-refractivity contribution in [2.75, 3.05) is 26.2 Å². The van der Waals surface area contributed by atoms with Gasteiger partial charge >= 0.3 is 11.9 Å². The minimum Gasteiger partial charge on any atom is -0.449 e. The van der Waals surface area contributed by atoms with Gasteiger partial charge in [-0.2, -0.15) is 0 Å². The van der Waals surface area contributed by atoms with Crippen molar-refractivity contribution in [3.8, 4) is 11.8 Å². The first-order valence-electron chi connectivity index (χ1n) is 13.2. The Labute approximate surface area is 206 Å². The lowest BCUT2D eigenvalue weighted by Gasteiger charge is -2.40. The zero-order valence-corrected chi connectivity index (χ0v) is 21.4. The lowest BCUT2D eigenvalue weighted by atomic mass is 9.73. The van der Waals surface area contributed by atoms with E-state index >= 15 is 0 Å². The molecule has 0 spiro atoms. The Morgan fingerprint density at radius 1 is 0.971 bits per heavy atom. The third-order valence-electron chi connectivity index (χ3n) is 6.79. The number of carbonyl (C=O) groups excluding carboxylic acids is 2. The molecule has 1 aromatic carbocycles. The highest BCUT2D eigenvalue weighted by Crippen LogP contribution is 2.43. The molecular formula is C29H43NO4. The number of nitrogens with zero attached hydrogens (tertiary/aromatic N) is 1. The van der Waals surface area contributed by atoms with E-state index in [-0.39, 0.29) is 18.5 Å². The molecule has 0 N–H and O–H groups in total. The van der Waals surface area contributed by atoms with Gasteiger partial charge in [-0.25, -0.2) is 4.79 Å². The van der Waals surface area contributed by atoms with Crippen LogP contribution in [0.2, 0.25) is 0 Å². The molecule has 0 saturated heterocycles. The highest BCUT2D eigenvalue weighted by Gasteiger charge is 2.52. The van der Waals surface area contributed by atoms with Crippen LogP contribution in [-0.2, 0) is 24.7 Å². The maximum Gasteiger partial charge on any atom is 0.356 e. The van der Waals surface area contributed by atoms with Crippen LogP contribution in [0.4, 0.5) is 0 Å². The van der Waals surface area contributed by atoms with E-state index in [4.69, 9.17) is 9.47 Å². The first-order valence-corrected chi connectivity index (χ1v) is 13.2. The summed E-state index contributed by atoms with van der Waals surface area (Å²) in [6.45, 7) is 8.83. The zero-order valence-electron chi connectivity index (χ0n) is 21.4. The van der Waals surface area contributed by atoms with Crippen molar-refractivity contribution in [1.29, 1.82) is 0 Å². The summed E-state index contributed by atoms with van der Waals surface area (Å²) in [5.74, 6) is 5.14. The minimum atomic E-state index is -1.41. The van der Waals surface area contributed by atoms with Crippen LogP contribution in [0.15, 0.2) is 30.3 Å². The van der Waals surface area contributed by atoms with E-state index in [2.05, 4.69) is 37.5 Å². The third kappa shape index (κ3) is 8.17. The molecule has 2 rings (SSSR count). The largest absolute Gasteiger partial charge is 0.449 e. The van der Waals surface area contributed by atoms with Gasteiger partial charge in [0.2, 0.25) is 5.60 Å². The number of carbonyl (C=O) groups is 2. The average Bonchev–Trinajstić information content (AvgIpc) is 2.88. The fourth-order valence-corrected chi connectivity index (χ4v) is 4.70. The van der Waals surface area contributed by atoms with Crippen LogP contribution in [0.3, 0.4) is 0 Å². The van der Waals surface area contributed by atoms with Crippen LogP contribution >= 0.6 is 0 Å². The van der Waals surface area contributed by atoms with Crippen molar-refractivity contribution in [3.63, 3.8) is 0 Å². The van der Waals surface area contributed by atoms with Gasteiger partial charge in [-0.1, -0.05) is 101 Å². The Bertz CT molecular complexity index is 787. The number of unbranched alkanes of at least 4 members (excludes halogenated alkanes) is 3. The smallest absolute Gasteiger partial charge is 0.356 e. The normalized spacial score (nSPS) is 15.8. The van der Waals surface area contributed by atoms with Crippen molar-refractivity contribution >= 4 is 11.9 Å². The Kier molecular flexibility index (Phi) is 12.8. The molecule has 5 nitrogen and oxygen atoms in total. The summed E-state index contributed by atoms with van der Waals surface area (Å²) >= 11 is 0. The molecule has 5 heteroatoms. The summed E-state index contributed by atoms with van der Waals surface area (Å²) in [6.07, 6.45) is 9.11. The van der Waals surface area contributed by atoms with Gasteiger partial charge in [-0.3, -0.25) is 9.69 Å². The SMILES string of the molecule is CCCCCCC(=O)OC(C(=O)OCC#CCN(CC)CC)(c1ccccc1)C1CCCCC1. The maximum atomic E-state index is 13.7. The number of benzene rings is 1. The quantitative estimate of drug-likeness (QED) is 0.206. The molecule has 0 aromatic heterocycles. The molecule has 0 radical (unpaired) electrons. The lowest BCUT2D eigenvalue weighted by molar-refractivity contribution is -0.193. The molecule has 0 amide bonds. The Hall–Kier alpha value is -2.32. The van der Waals surface area contributed by atoms with Crippen molar-refractivity contribution in [3.05, 3.63) is 35.9 Å². The van der Waals surface area contributed by atoms with Gasteiger partial charge < -0.3 is 9.47 Å². The van der Waals surface area contributed by atoms with E-state index in [1.807, 2.05) is 30.3 Å². The summed E-state index contributed by atoms with van der Waals surface area (Å²) in [6, 6.07) is 9.45. The molecule has 1 unspecified atom stereocenters. The molecule has 188 valence electrons. The first-order chi connectivity index (χ1) is 16.6. The second kappa shape index (κ2) is 15.6. The number of esters is 2. The summed E-state index contributed by atoms with van der Waals surface area (Å²) in [5.41, 5.74) is -0.714. The predicted molar refractivity (Wildman–Crippen MR) is 136 cm³/mol. The number of hydrogen-bond acceptors (Lipinski definition) is 5. The summed E-state index contributed by atoms with van der Waals surface area (Å²) < 4.78 is 11.9. The molecule has 0 heterocycles. The van der Waals surface area contributed by atoms with Gasteiger partial charge in [0.15, 0.2) is 6.61 Å². The predicted octanol–water partition coefficient (Wildman–Crippen LogP) is 5.86. The van der Waals surface area contributed by atoms with E-state index < -0.39 is 11.6 Å². The van der Waals surface area contributed by atoms with Gasteiger partial charge in [-0.05, 0) is 32.4 Å². The van der Waals surface area contributed by atoms with Gasteiger partial charge in [0.1, 0.15) is 0 Å². The second-order valence-electron chi connectivity index (χ2n) is 9.11. The zero-order chi connectivity index (χ0) is 24.7. The lowest BCUT2D eigenvalue weighted by Crippen LogP contribution is -2.49. The summed E-state index contributed by atoms with van der Waals surface area (Å²) in [7, 11) is 0. The fourth-order valence-electron chi connectivity index (χ4n) is 4.70. The van der Waals surface area contributed by atoms with E-state index in [0.29, 0.717) is 18.5 Å². The minimum absolute atomic E-state index is 0.00451. The fraction of sp³-hybridized carbons (Fsp3) is 0.655. The topological polar surface area (TPSA) is 55.8 Å². The van der Waals surface area contributed by atoms with Crippen LogP contribution in [0.25, 0.3) is 0 Å². The average molecular weight is 470 g/mol. The van der Waals surface area contributed by atoms with Crippen LogP contribution in [0, 0.1) is 17.8 Å². The van der Waals surface area contributed by atoms with Crippen molar-refractivity contribution in [1.82, 2.24) is 4.90 Å². The van der Waals surface area contributed by atoms with Crippen molar-refractivity contribution in [2.24, 2.45) is 5.92 Å². The van der Waals surface area contributed by atoms with Gasteiger partial charge in [0.05, 0.1) is 6.54 Å². The molecule has 1 atom stereocenters. The highest BCUT2D eigenvalue weighted by molar-refractivity contribution is 5.85. The molecule has 1 fully saturated rings. The number of hydrogen-bond donors (Lipinski definition) is 0. The number of rotatable bonds is 13. The summed E-state index contributed by atoms with van der Waals surface area (Å²) in [5, 5.41) is 0. The molecular weight excluding hydrogens is 426 g/mol. The standard InChI is InChI=1S/C29H43NO4/c1-4-7-8-15-22-27(31)34-29(25-18-11-9-12-19-25,26-20-13-10-14-21-26)28(32)33-24-17-16-23-30(5-2)6-3/h9,11-12,18-19,26H,4-8,10,13-15,20-24H2,1-3H3. The monoisotopic (exact) mass is 469 g/mol. The Morgan fingerprint density at radius 2 is 1.68 bits per heavy atom. The van der Waals surface area contributed by atoms with E-state index in [1.165, 1.54) is 0 Å². The van der Waals surface area contributed by atoms with Crippen LogP contribution in [0.1, 0.15) is 90.5 Å². The number of ether oxygens (including phenoxy) is 2. The summed E-state index contributed by atoms with van der Waals surface area (Å²) in [4.78, 5) is 28.9. The molecule has 34 heavy (non-hydrogen) atoms. The van der Waals surface area contributed by atoms with E-state index in [9.17, 15) is 9.59 Å². The van der Waals surface area contributed by atoms with Gasteiger partial charge in [-0.15, -0.1) is 0 Å². The Balaban J connectivity index is 2.25. The van der Waals surface area contributed by atoms with E-state index in [0.717, 1.165) is 70.9 Å². The molecule has 1 aliphatic rings. The molecule has 1 aromatic rings. The maximum absolute atomic E-state index is 13.7. The van der Waals surface area contributed by atoms with Crippen LogP contribution < -0.4 is 0 Å². The second-order valence-corrected chi connectivity index (χ2v) is 9.11. The molecule has 1 aliphatic carbocycles. The molecule has 0 aliphatic heterocycles. The van der Waals surface area contributed by atoms with Crippen LogP contribution in [0.5, 0.6) is 0 Å². The molecule has 0 bridgehead atoms. The van der Waals surface area contributed by atoms with Gasteiger partial charge in [0.25, 0.3) is 0 Å². The highest BCUT2D eigenvalue weighted by atomic mass is 16.6. The first kappa shape index (κ1) is 27.9. The van der Waals surface area contributed by atoms with Crippen LogP contribution in [-0.4, -0.2) is 43.1 Å². The van der Waals surface area contributed by atoms with Crippen molar-refractivity contribution in [2.45, 2.75) is 90.6 Å². The van der Waals surface area contributed by atoms with E-state index in [1.54, 1.807) is 0 Å². The molecule has 1 saturated carbocycles. The Morgan fingerprint density at radius 3 is 2.32 bits per heavy atom.